The summed E-state index contributed by atoms with van der Waals surface area (Å²) < 4.78 is 0. The summed E-state index contributed by atoms with van der Waals surface area (Å²) in [7, 11) is 0. The fourth-order valence-corrected chi connectivity index (χ4v) is 4.02. The maximum Gasteiger partial charge on any atom is 0.237 e. The van der Waals surface area contributed by atoms with E-state index >= 15 is 0 Å². The molecule has 1 amide bonds. The Bertz CT molecular complexity index is 1010. The molecule has 0 aliphatic rings. The van der Waals surface area contributed by atoms with E-state index in [9.17, 15) is 9.59 Å². The number of carbonyl (C=O) groups is 2. The molecule has 29 heavy (non-hydrogen) atoms. The molecule has 0 bridgehead atoms. The second-order valence-corrected chi connectivity index (χ2v) is 8.49. The summed E-state index contributed by atoms with van der Waals surface area (Å²) in [6, 6.07) is 21.2. The predicted octanol–water partition coefficient (Wildman–Crippen LogP) is 6.73. The minimum atomic E-state index is -0.313. The Morgan fingerprint density at radius 3 is 2.24 bits per heavy atom. The number of carbonyl (C=O) groups excluding carboxylic acids is 2. The Morgan fingerprint density at radius 2 is 1.59 bits per heavy atom. The molecule has 0 radical (unpaired) electrons. The molecule has 148 valence electrons. The number of amides is 1. The maximum absolute atomic E-state index is 12.9. The van der Waals surface area contributed by atoms with Crippen LogP contribution in [0.3, 0.4) is 0 Å². The smallest absolute Gasteiger partial charge is 0.237 e. The van der Waals surface area contributed by atoms with Gasteiger partial charge in [-0.05, 0) is 48.9 Å². The van der Waals surface area contributed by atoms with Crippen molar-refractivity contribution in [2.45, 2.75) is 23.5 Å². The number of halogens is 2. The molecule has 0 saturated carbocycles. The minimum Gasteiger partial charge on any atom is -0.324 e. The summed E-state index contributed by atoms with van der Waals surface area (Å²) in [5.74, 6) is -0.362. The molecule has 0 heterocycles. The van der Waals surface area contributed by atoms with E-state index in [0.717, 1.165) is 4.90 Å². The fraction of sp³-hybridized carbons (Fsp3) is 0.130. The van der Waals surface area contributed by atoms with Crippen LogP contribution >= 0.6 is 35.0 Å². The molecule has 3 aromatic carbocycles. The van der Waals surface area contributed by atoms with E-state index in [1.54, 1.807) is 54.6 Å². The Morgan fingerprint density at radius 1 is 0.931 bits per heavy atom. The van der Waals surface area contributed by atoms with Crippen LogP contribution in [0.15, 0.2) is 77.7 Å². The van der Waals surface area contributed by atoms with E-state index < -0.39 is 0 Å². The van der Waals surface area contributed by atoms with Crippen molar-refractivity contribution in [1.82, 2.24) is 0 Å². The van der Waals surface area contributed by atoms with Crippen molar-refractivity contribution in [1.29, 1.82) is 0 Å². The maximum atomic E-state index is 12.9. The highest BCUT2D eigenvalue weighted by atomic mass is 35.5. The molecule has 0 aromatic heterocycles. The van der Waals surface area contributed by atoms with Crippen molar-refractivity contribution in [3.05, 3.63) is 94.0 Å². The summed E-state index contributed by atoms with van der Waals surface area (Å²) in [5, 5.41) is 3.68. The number of ketones is 1. The van der Waals surface area contributed by atoms with Gasteiger partial charge in [0.25, 0.3) is 0 Å². The zero-order valence-corrected chi connectivity index (χ0v) is 18.0. The molecule has 0 spiro atoms. The van der Waals surface area contributed by atoms with Crippen molar-refractivity contribution in [3.63, 3.8) is 0 Å². The summed E-state index contributed by atoms with van der Waals surface area (Å²) in [4.78, 5) is 26.8. The van der Waals surface area contributed by atoms with E-state index in [-0.39, 0.29) is 16.9 Å². The number of hydrogen-bond acceptors (Lipinski definition) is 3. The first kappa shape index (κ1) is 21.4. The number of anilines is 1. The van der Waals surface area contributed by atoms with E-state index in [4.69, 9.17) is 23.2 Å². The fourth-order valence-electron chi connectivity index (χ4n) is 2.77. The van der Waals surface area contributed by atoms with Gasteiger partial charge in [0.05, 0.1) is 10.9 Å². The van der Waals surface area contributed by atoms with Crippen LogP contribution in [-0.2, 0) is 4.79 Å². The molecule has 0 fully saturated rings. The Kier molecular flexibility index (Phi) is 7.37. The van der Waals surface area contributed by atoms with Crippen molar-refractivity contribution >= 4 is 52.3 Å². The van der Waals surface area contributed by atoms with Gasteiger partial charge in [-0.25, -0.2) is 0 Å². The Hall–Kier alpha value is -2.27. The van der Waals surface area contributed by atoms with Gasteiger partial charge in [-0.15, -0.1) is 11.8 Å². The van der Waals surface area contributed by atoms with Crippen LogP contribution in [0, 0.1) is 0 Å². The van der Waals surface area contributed by atoms with Gasteiger partial charge in [-0.3, -0.25) is 9.59 Å². The van der Waals surface area contributed by atoms with Crippen LogP contribution < -0.4 is 5.32 Å². The number of benzene rings is 3. The van der Waals surface area contributed by atoms with Gasteiger partial charge in [0.15, 0.2) is 5.78 Å². The van der Waals surface area contributed by atoms with Crippen LogP contribution in [0.5, 0.6) is 0 Å². The summed E-state index contributed by atoms with van der Waals surface area (Å²) in [6.07, 6.45) is 0.634. The SMILES string of the molecule is CC[C@H](Sc1ccc(Cl)cc1)C(=O)Nc1ccc(Cl)cc1C(=O)c1ccccc1. The average Bonchev–Trinajstić information content (AvgIpc) is 2.74. The van der Waals surface area contributed by atoms with Gasteiger partial charge < -0.3 is 5.32 Å². The van der Waals surface area contributed by atoms with Crippen molar-refractivity contribution < 1.29 is 9.59 Å². The number of rotatable bonds is 7. The van der Waals surface area contributed by atoms with E-state index in [0.29, 0.717) is 33.3 Å². The Labute approximate surface area is 184 Å². The molecule has 6 heteroatoms. The first-order chi connectivity index (χ1) is 14.0. The van der Waals surface area contributed by atoms with Gasteiger partial charge in [0.1, 0.15) is 0 Å². The third-order valence-corrected chi connectivity index (χ3v) is 6.14. The van der Waals surface area contributed by atoms with Crippen LogP contribution in [-0.4, -0.2) is 16.9 Å². The molecular weight excluding hydrogens is 425 g/mol. The highest BCUT2D eigenvalue weighted by Crippen LogP contribution is 2.29. The molecule has 1 atom stereocenters. The van der Waals surface area contributed by atoms with E-state index in [2.05, 4.69) is 5.32 Å². The lowest BCUT2D eigenvalue weighted by Crippen LogP contribution is -2.25. The van der Waals surface area contributed by atoms with Gasteiger partial charge in [-0.2, -0.15) is 0 Å². The van der Waals surface area contributed by atoms with Gasteiger partial charge in [0.2, 0.25) is 5.91 Å². The van der Waals surface area contributed by atoms with E-state index in [1.165, 1.54) is 11.8 Å². The highest BCUT2D eigenvalue weighted by molar-refractivity contribution is 8.00. The summed E-state index contributed by atoms with van der Waals surface area (Å²) in [5.41, 5.74) is 1.35. The lowest BCUT2D eigenvalue weighted by atomic mass is 10.0. The topological polar surface area (TPSA) is 46.2 Å². The van der Waals surface area contributed by atoms with Crippen LogP contribution in [0.1, 0.15) is 29.3 Å². The number of hydrogen-bond donors (Lipinski definition) is 1. The first-order valence-corrected chi connectivity index (χ1v) is 10.7. The van der Waals surface area contributed by atoms with Gasteiger partial charge in [-0.1, -0.05) is 60.5 Å². The van der Waals surface area contributed by atoms with Crippen molar-refractivity contribution in [3.8, 4) is 0 Å². The van der Waals surface area contributed by atoms with Crippen LogP contribution in [0.4, 0.5) is 5.69 Å². The summed E-state index contributed by atoms with van der Waals surface area (Å²) >= 11 is 13.5. The van der Waals surface area contributed by atoms with E-state index in [1.807, 2.05) is 25.1 Å². The molecule has 0 aliphatic heterocycles. The molecule has 3 aromatic rings. The molecule has 0 aliphatic carbocycles. The molecule has 3 rings (SSSR count). The zero-order valence-electron chi connectivity index (χ0n) is 15.7. The molecular formula is C23H19Cl2NO2S. The second kappa shape index (κ2) is 9.97. The first-order valence-electron chi connectivity index (χ1n) is 9.10. The van der Waals surface area contributed by atoms with Crippen molar-refractivity contribution in [2.75, 3.05) is 5.32 Å². The van der Waals surface area contributed by atoms with Crippen molar-refractivity contribution in [2.24, 2.45) is 0 Å². The highest BCUT2D eigenvalue weighted by Gasteiger charge is 2.21. The third-order valence-electron chi connectivity index (χ3n) is 4.28. The number of nitrogens with one attached hydrogen (secondary N) is 1. The van der Waals surface area contributed by atoms with Crippen LogP contribution in [0.25, 0.3) is 0 Å². The number of thioether (sulfide) groups is 1. The normalized spacial score (nSPS) is 11.7. The molecule has 0 saturated heterocycles. The standard InChI is InChI=1S/C23H19Cl2NO2S/c1-2-21(29-18-11-8-16(24)9-12-18)23(28)26-20-13-10-17(25)14-19(20)22(27)15-6-4-3-5-7-15/h3-14,21H,2H2,1H3,(H,26,28)/t21-/m0/s1. The summed E-state index contributed by atoms with van der Waals surface area (Å²) in [6.45, 7) is 1.95. The lowest BCUT2D eigenvalue weighted by molar-refractivity contribution is -0.115. The average molecular weight is 444 g/mol. The minimum absolute atomic E-state index is 0.170. The molecule has 3 nitrogen and oxygen atoms in total. The monoisotopic (exact) mass is 443 g/mol. The van der Waals surface area contributed by atoms with Gasteiger partial charge in [0, 0.05) is 26.1 Å². The molecule has 0 unspecified atom stereocenters. The Balaban J connectivity index is 1.82. The van der Waals surface area contributed by atoms with Crippen LogP contribution in [0.2, 0.25) is 10.0 Å². The quantitative estimate of drug-likeness (QED) is 0.325. The second-order valence-electron chi connectivity index (χ2n) is 6.34. The predicted molar refractivity (Wildman–Crippen MR) is 121 cm³/mol. The lowest BCUT2D eigenvalue weighted by Gasteiger charge is -2.17. The zero-order chi connectivity index (χ0) is 20.8. The van der Waals surface area contributed by atoms with Gasteiger partial charge >= 0.3 is 0 Å². The third kappa shape index (κ3) is 5.63. The molecule has 1 N–H and O–H groups in total. The largest absolute Gasteiger partial charge is 0.324 e.